The minimum atomic E-state index is -0.506. The summed E-state index contributed by atoms with van der Waals surface area (Å²) in [4.78, 5) is 31.4. The number of nitrogens with zero attached hydrogens (tertiary/aromatic N) is 3. The van der Waals surface area contributed by atoms with Gasteiger partial charge in [0.2, 0.25) is 5.91 Å². The Bertz CT molecular complexity index is 672. The van der Waals surface area contributed by atoms with Crippen LogP contribution in [0.1, 0.15) is 52.1 Å². The zero-order valence-electron chi connectivity index (χ0n) is 18.9. The van der Waals surface area contributed by atoms with Crippen molar-refractivity contribution < 1.29 is 14.3 Å². The molecule has 162 valence electrons. The lowest BCUT2D eigenvalue weighted by Crippen LogP contribution is -2.48. The van der Waals surface area contributed by atoms with Crippen molar-refractivity contribution in [3.63, 3.8) is 0 Å². The fraction of sp³-hybridized carbons (Fsp3) is 0.652. The van der Waals surface area contributed by atoms with Crippen LogP contribution < -0.4 is 0 Å². The summed E-state index contributed by atoms with van der Waals surface area (Å²) >= 11 is 0. The standard InChI is InChI=1S/C23H37N3O3/c1-7-24(5)20(19-13-9-8-10-14-19)21(27)26-15-11-12-18(17-26)16-25(6)22(28)29-23(2,3)4/h8-10,13-14,18,20H,7,11-12,15-17H2,1-6H3. The van der Waals surface area contributed by atoms with E-state index < -0.39 is 5.60 Å². The molecule has 6 heteroatoms. The third kappa shape index (κ3) is 6.74. The molecule has 2 atom stereocenters. The summed E-state index contributed by atoms with van der Waals surface area (Å²) < 4.78 is 5.46. The Kier molecular flexibility index (Phi) is 8.08. The predicted molar refractivity (Wildman–Crippen MR) is 116 cm³/mol. The molecule has 2 rings (SSSR count). The van der Waals surface area contributed by atoms with Crippen LogP contribution in [0, 0.1) is 5.92 Å². The molecule has 0 bridgehead atoms. The van der Waals surface area contributed by atoms with E-state index in [1.807, 2.05) is 63.1 Å². The third-order valence-electron chi connectivity index (χ3n) is 5.36. The molecule has 6 nitrogen and oxygen atoms in total. The molecule has 1 saturated heterocycles. The molecule has 29 heavy (non-hydrogen) atoms. The van der Waals surface area contributed by atoms with Crippen LogP contribution in [0.15, 0.2) is 30.3 Å². The number of likely N-dealkylation sites (tertiary alicyclic amines) is 1. The average molecular weight is 404 g/mol. The SMILES string of the molecule is CCN(C)C(C(=O)N1CCCC(CN(C)C(=O)OC(C)(C)C)C1)c1ccccc1. The van der Waals surface area contributed by atoms with Gasteiger partial charge in [0.15, 0.2) is 0 Å². The lowest BCUT2D eigenvalue weighted by Gasteiger charge is -2.38. The van der Waals surface area contributed by atoms with Crippen LogP contribution in [0.5, 0.6) is 0 Å². The fourth-order valence-corrected chi connectivity index (χ4v) is 3.79. The van der Waals surface area contributed by atoms with E-state index in [0.717, 1.165) is 31.5 Å². The van der Waals surface area contributed by atoms with Crippen LogP contribution in [-0.2, 0) is 9.53 Å². The molecule has 0 N–H and O–H groups in total. The zero-order valence-corrected chi connectivity index (χ0v) is 18.9. The summed E-state index contributed by atoms with van der Waals surface area (Å²) in [5.41, 5.74) is 0.517. The summed E-state index contributed by atoms with van der Waals surface area (Å²) in [7, 11) is 3.76. The second kappa shape index (κ2) is 10.1. The second-order valence-electron chi connectivity index (χ2n) is 9.04. The van der Waals surface area contributed by atoms with Crippen LogP contribution in [-0.4, -0.2) is 72.6 Å². The van der Waals surface area contributed by atoms with Gasteiger partial charge in [0.1, 0.15) is 11.6 Å². The number of carbonyl (C=O) groups is 2. The molecule has 1 aliphatic rings. The van der Waals surface area contributed by atoms with Gasteiger partial charge in [0.05, 0.1) is 0 Å². The molecule has 1 fully saturated rings. The number of hydrogen-bond donors (Lipinski definition) is 0. The van der Waals surface area contributed by atoms with Gasteiger partial charge in [-0.2, -0.15) is 0 Å². The van der Waals surface area contributed by atoms with E-state index in [1.165, 1.54) is 0 Å². The Labute approximate surface area is 175 Å². The molecule has 0 saturated carbocycles. The highest BCUT2D eigenvalue weighted by Gasteiger charge is 2.33. The summed E-state index contributed by atoms with van der Waals surface area (Å²) in [5, 5.41) is 0. The molecule has 1 aromatic carbocycles. The van der Waals surface area contributed by atoms with Crippen molar-refractivity contribution >= 4 is 12.0 Å². The molecule has 1 aliphatic heterocycles. The van der Waals surface area contributed by atoms with E-state index in [1.54, 1.807) is 11.9 Å². The Morgan fingerprint density at radius 2 is 1.86 bits per heavy atom. The van der Waals surface area contributed by atoms with Crippen molar-refractivity contribution in [2.45, 2.75) is 52.2 Å². The minimum Gasteiger partial charge on any atom is -0.444 e. The first-order valence-corrected chi connectivity index (χ1v) is 10.6. The van der Waals surface area contributed by atoms with Crippen molar-refractivity contribution in [2.75, 3.05) is 40.3 Å². The van der Waals surface area contributed by atoms with E-state index in [2.05, 4.69) is 11.8 Å². The Hall–Kier alpha value is -2.08. The minimum absolute atomic E-state index is 0.144. The first-order chi connectivity index (χ1) is 13.6. The smallest absolute Gasteiger partial charge is 0.410 e. The normalized spacial score (nSPS) is 18.4. The lowest BCUT2D eigenvalue weighted by molar-refractivity contribution is -0.138. The van der Waals surface area contributed by atoms with Crippen molar-refractivity contribution in [2.24, 2.45) is 5.92 Å². The molecular weight excluding hydrogens is 366 g/mol. The van der Waals surface area contributed by atoms with E-state index in [4.69, 9.17) is 4.74 Å². The number of hydrogen-bond acceptors (Lipinski definition) is 4. The first kappa shape index (κ1) is 23.2. The monoisotopic (exact) mass is 403 g/mol. The van der Waals surface area contributed by atoms with Crippen molar-refractivity contribution in [3.05, 3.63) is 35.9 Å². The number of benzene rings is 1. The van der Waals surface area contributed by atoms with Gasteiger partial charge >= 0.3 is 6.09 Å². The van der Waals surface area contributed by atoms with Crippen LogP contribution in [0.3, 0.4) is 0 Å². The maximum atomic E-state index is 13.4. The van der Waals surface area contributed by atoms with Gasteiger partial charge in [-0.3, -0.25) is 9.69 Å². The van der Waals surface area contributed by atoms with Crippen LogP contribution in [0.4, 0.5) is 4.79 Å². The van der Waals surface area contributed by atoms with Gasteiger partial charge < -0.3 is 14.5 Å². The van der Waals surface area contributed by atoms with Crippen molar-refractivity contribution in [1.82, 2.24) is 14.7 Å². The molecule has 0 aromatic heterocycles. The van der Waals surface area contributed by atoms with E-state index in [0.29, 0.717) is 13.1 Å². The molecule has 2 unspecified atom stereocenters. The largest absolute Gasteiger partial charge is 0.444 e. The molecule has 2 amide bonds. The number of ether oxygens (including phenoxy) is 1. The van der Waals surface area contributed by atoms with Gasteiger partial charge in [0.25, 0.3) is 0 Å². The first-order valence-electron chi connectivity index (χ1n) is 10.6. The van der Waals surface area contributed by atoms with Gasteiger partial charge in [-0.05, 0) is 58.7 Å². The van der Waals surface area contributed by atoms with Crippen LogP contribution >= 0.6 is 0 Å². The van der Waals surface area contributed by atoms with Crippen molar-refractivity contribution in [3.8, 4) is 0 Å². The quantitative estimate of drug-likeness (QED) is 0.725. The zero-order chi connectivity index (χ0) is 21.6. The Morgan fingerprint density at radius 3 is 2.45 bits per heavy atom. The predicted octanol–water partition coefficient (Wildman–Crippen LogP) is 3.78. The molecule has 1 heterocycles. The summed E-state index contributed by atoms with van der Waals surface area (Å²) in [6.07, 6.45) is 1.65. The van der Waals surface area contributed by atoms with E-state index >= 15 is 0 Å². The second-order valence-corrected chi connectivity index (χ2v) is 9.04. The maximum absolute atomic E-state index is 13.4. The molecule has 1 aromatic rings. The van der Waals surface area contributed by atoms with Crippen molar-refractivity contribution in [1.29, 1.82) is 0 Å². The van der Waals surface area contributed by atoms with Crippen LogP contribution in [0.25, 0.3) is 0 Å². The van der Waals surface area contributed by atoms with Crippen LogP contribution in [0.2, 0.25) is 0 Å². The third-order valence-corrected chi connectivity index (χ3v) is 5.36. The van der Waals surface area contributed by atoms with Gasteiger partial charge in [0, 0.05) is 26.7 Å². The number of piperidine rings is 1. The summed E-state index contributed by atoms with van der Waals surface area (Å²) in [6, 6.07) is 9.70. The summed E-state index contributed by atoms with van der Waals surface area (Å²) in [5.74, 6) is 0.402. The highest BCUT2D eigenvalue weighted by Crippen LogP contribution is 2.26. The number of rotatable bonds is 6. The van der Waals surface area contributed by atoms with Gasteiger partial charge in [-0.1, -0.05) is 37.3 Å². The topological polar surface area (TPSA) is 53.1 Å². The Balaban J connectivity index is 2.04. The average Bonchev–Trinajstić information content (AvgIpc) is 2.67. The number of carbonyl (C=O) groups excluding carboxylic acids is 2. The van der Waals surface area contributed by atoms with E-state index in [9.17, 15) is 9.59 Å². The van der Waals surface area contributed by atoms with E-state index in [-0.39, 0.29) is 24.0 Å². The number of amides is 2. The Morgan fingerprint density at radius 1 is 1.21 bits per heavy atom. The molecule has 0 radical (unpaired) electrons. The molecule has 0 aliphatic carbocycles. The maximum Gasteiger partial charge on any atom is 0.410 e. The summed E-state index contributed by atoms with van der Waals surface area (Å²) in [6.45, 7) is 10.5. The fourth-order valence-electron chi connectivity index (χ4n) is 3.79. The van der Waals surface area contributed by atoms with Gasteiger partial charge in [-0.25, -0.2) is 4.79 Å². The highest BCUT2D eigenvalue weighted by molar-refractivity contribution is 5.83. The lowest BCUT2D eigenvalue weighted by atomic mass is 9.95. The molecule has 0 spiro atoms. The molecular formula is C23H37N3O3. The van der Waals surface area contributed by atoms with Gasteiger partial charge in [-0.15, -0.1) is 0 Å². The number of likely N-dealkylation sites (N-methyl/N-ethyl adjacent to an activating group) is 1. The highest BCUT2D eigenvalue weighted by atomic mass is 16.6.